The first kappa shape index (κ1) is 51.2. The molecule has 0 saturated heterocycles. The summed E-state index contributed by atoms with van der Waals surface area (Å²) in [4.78, 5) is 24.7. The SMILES string of the molecule is C=C=C1CC2(/C(=C(\O)C=O)N(C)N(C)c3ccc(Cl)cc3)CC[C@]3(C)C(N)(CCC4C5(C)CCC(OC(=C)CC(C)(C)C(=O)O)C(C)(C)C5CCC43C)C2=C1C(C)C.CC.CC. The van der Waals surface area contributed by atoms with E-state index in [-0.39, 0.29) is 45.9 Å². The van der Waals surface area contributed by atoms with E-state index in [1.165, 1.54) is 5.57 Å². The van der Waals surface area contributed by atoms with Crippen LogP contribution in [0.3, 0.4) is 0 Å². The number of aliphatic hydroxyl groups excluding tert-OH is 1. The van der Waals surface area contributed by atoms with Gasteiger partial charge >= 0.3 is 5.97 Å². The van der Waals surface area contributed by atoms with Crippen LogP contribution in [0, 0.1) is 50.2 Å². The van der Waals surface area contributed by atoms with Crippen molar-refractivity contribution >= 4 is 29.5 Å². The van der Waals surface area contributed by atoms with Gasteiger partial charge in [0.05, 0.1) is 22.6 Å². The maximum absolute atomic E-state index is 12.8. The Balaban J connectivity index is 0.00000205. The molecule has 0 amide bonds. The number of ether oxygens (including phenoxy) is 1. The number of carbonyl (C=O) groups excluding carboxylic acids is 1. The molecular weight excluding hydrogens is 794 g/mol. The van der Waals surface area contributed by atoms with Crippen LogP contribution in [0.5, 0.6) is 0 Å². The Morgan fingerprint density at radius 3 is 2.08 bits per heavy atom. The summed E-state index contributed by atoms with van der Waals surface area (Å²) >= 11 is 6.28. The molecule has 6 rings (SSSR count). The molecule has 1 aromatic rings. The summed E-state index contributed by atoms with van der Waals surface area (Å²) in [5.74, 6) is 0.349. The number of anilines is 1. The fourth-order valence-corrected chi connectivity index (χ4v) is 14.2. The van der Waals surface area contributed by atoms with E-state index >= 15 is 0 Å². The molecule has 4 N–H and O–H groups in total. The zero-order valence-electron chi connectivity index (χ0n) is 41.2. The number of allylic oxidation sites excluding steroid dienone is 5. The van der Waals surface area contributed by atoms with Crippen LogP contribution >= 0.6 is 11.6 Å². The Morgan fingerprint density at radius 2 is 1.55 bits per heavy atom. The number of hydrogen-bond acceptors (Lipinski definition) is 7. The number of aliphatic hydroxyl groups is 1. The lowest BCUT2D eigenvalue weighted by atomic mass is 9.31. The molecule has 346 valence electrons. The number of carboxylic acid groups (broad SMARTS) is 1. The van der Waals surface area contributed by atoms with E-state index in [0.29, 0.717) is 47.4 Å². The van der Waals surface area contributed by atoms with Gasteiger partial charge in [-0.3, -0.25) is 19.6 Å². The average molecular weight is 877 g/mol. The van der Waals surface area contributed by atoms with Gasteiger partial charge in [-0.05, 0) is 147 Å². The Kier molecular flexibility index (Phi) is 15.0. The van der Waals surface area contributed by atoms with Crippen molar-refractivity contribution in [3.8, 4) is 0 Å². The van der Waals surface area contributed by atoms with Crippen LogP contribution in [0.4, 0.5) is 5.69 Å². The van der Waals surface area contributed by atoms with Crippen molar-refractivity contribution in [2.45, 2.75) is 166 Å². The molecule has 0 radical (unpaired) electrons. The second-order valence-corrected chi connectivity index (χ2v) is 21.4. The van der Waals surface area contributed by atoms with Gasteiger partial charge < -0.3 is 20.7 Å². The third kappa shape index (κ3) is 7.80. The molecule has 62 heavy (non-hydrogen) atoms. The van der Waals surface area contributed by atoms with Crippen LogP contribution in [-0.2, 0) is 14.3 Å². The first-order valence-corrected chi connectivity index (χ1v) is 23.8. The monoisotopic (exact) mass is 876 g/mol. The number of rotatable bonds is 11. The van der Waals surface area contributed by atoms with Crippen molar-refractivity contribution in [3.63, 3.8) is 0 Å². The second-order valence-electron chi connectivity index (χ2n) is 21.0. The van der Waals surface area contributed by atoms with Gasteiger partial charge in [0, 0.05) is 41.9 Å². The molecule has 5 aliphatic rings. The van der Waals surface area contributed by atoms with E-state index in [1.54, 1.807) is 13.8 Å². The Hall–Kier alpha value is -3.45. The summed E-state index contributed by atoms with van der Waals surface area (Å²) in [6.45, 7) is 36.6. The Bertz CT molecular complexity index is 1980. The van der Waals surface area contributed by atoms with Gasteiger partial charge in [-0.1, -0.05) is 101 Å². The predicted octanol–water partition coefficient (Wildman–Crippen LogP) is 13.2. The summed E-state index contributed by atoms with van der Waals surface area (Å²) in [5.41, 5.74) is 13.4. The lowest BCUT2D eigenvalue weighted by Gasteiger charge is -2.74. The molecule has 0 bridgehead atoms. The highest BCUT2D eigenvalue weighted by Crippen LogP contribution is 2.78. The molecule has 0 heterocycles. The molecule has 8 atom stereocenters. The number of carboxylic acids is 1. The van der Waals surface area contributed by atoms with Crippen molar-refractivity contribution in [2.24, 2.45) is 56.0 Å². The highest BCUT2D eigenvalue weighted by atomic mass is 35.5. The number of carbonyl (C=O) groups is 2. The van der Waals surface area contributed by atoms with Crippen LogP contribution < -0.4 is 10.7 Å². The molecule has 7 unspecified atom stereocenters. The standard InChI is InChI=1S/C49H70ClN3O5.2C2H6/c1-14-32-28-48(41(35(55)29-54)53(13)52(12)34-17-15-33(50)16-18-34)26-25-47(11)46(10)23-19-36-44(7,8)38(58-31(4)27-43(5,6)42(56)57)21-22-45(36,9)37(46)20-24-49(47,51)40(48)39(32)30(2)3;2*1-2/h15-18,29-30,36-38,55H,1,4,19-28,51H2,2-3,5-13H3,(H,56,57);2*1-2H3/b41-35+;;/t36?,37?,38?,45?,46?,47-,48?,49?;;/m0../s1. The fourth-order valence-electron chi connectivity index (χ4n) is 14.0. The Labute approximate surface area is 380 Å². The van der Waals surface area contributed by atoms with E-state index in [1.807, 2.05) is 76.1 Å². The van der Waals surface area contributed by atoms with E-state index in [2.05, 4.69) is 67.4 Å². The number of nitrogens with two attached hydrogens (primary N) is 1. The zero-order chi connectivity index (χ0) is 47.2. The van der Waals surface area contributed by atoms with E-state index in [0.717, 1.165) is 61.8 Å². The van der Waals surface area contributed by atoms with Gasteiger partial charge in [0.15, 0.2) is 12.0 Å². The highest BCUT2D eigenvalue weighted by molar-refractivity contribution is 6.30. The summed E-state index contributed by atoms with van der Waals surface area (Å²) in [5, 5.41) is 26.1. The Morgan fingerprint density at radius 1 is 0.968 bits per heavy atom. The fraction of sp³-hybridized carbons (Fsp3) is 0.679. The summed E-state index contributed by atoms with van der Waals surface area (Å²) in [7, 11) is 3.86. The van der Waals surface area contributed by atoms with Gasteiger partial charge in [0.2, 0.25) is 0 Å². The third-order valence-electron chi connectivity index (χ3n) is 17.2. The lowest BCUT2D eigenvalue weighted by molar-refractivity contribution is -0.234. The topological polar surface area (TPSA) is 116 Å². The molecule has 1 aromatic carbocycles. The minimum Gasteiger partial charge on any atom is -0.503 e. The minimum absolute atomic E-state index is 0.0381. The molecule has 0 spiro atoms. The summed E-state index contributed by atoms with van der Waals surface area (Å²) in [6.07, 6.45) is 8.65. The number of hydrazine groups is 1. The first-order valence-electron chi connectivity index (χ1n) is 23.5. The molecule has 0 aliphatic heterocycles. The van der Waals surface area contributed by atoms with Crippen LogP contribution in [-0.4, -0.2) is 53.2 Å². The summed E-state index contributed by atoms with van der Waals surface area (Å²) in [6, 6.07) is 7.55. The molecule has 4 fully saturated rings. The molecule has 0 aromatic heterocycles. The van der Waals surface area contributed by atoms with Gasteiger partial charge in [-0.15, -0.1) is 5.73 Å². The summed E-state index contributed by atoms with van der Waals surface area (Å²) < 4.78 is 6.64. The highest BCUT2D eigenvalue weighted by Gasteiger charge is 2.74. The number of aldehydes is 1. The van der Waals surface area contributed by atoms with E-state index < -0.39 is 22.3 Å². The normalized spacial score (nSPS) is 33.6. The average Bonchev–Trinajstić information content (AvgIpc) is 3.58. The van der Waals surface area contributed by atoms with Gasteiger partial charge in [-0.25, -0.2) is 0 Å². The molecule has 4 saturated carbocycles. The van der Waals surface area contributed by atoms with Gasteiger partial charge in [-0.2, -0.15) is 0 Å². The molecular formula is C53H82ClN3O5. The van der Waals surface area contributed by atoms with E-state index in [4.69, 9.17) is 22.1 Å². The van der Waals surface area contributed by atoms with Crippen LogP contribution in [0.1, 0.15) is 154 Å². The number of fused-ring (bicyclic) bond motifs is 7. The maximum atomic E-state index is 12.8. The van der Waals surface area contributed by atoms with Crippen molar-refractivity contribution in [3.05, 3.63) is 82.1 Å². The number of benzene rings is 1. The van der Waals surface area contributed by atoms with Crippen molar-refractivity contribution < 1.29 is 24.5 Å². The molecule has 8 nitrogen and oxygen atoms in total. The molecule has 9 heteroatoms. The number of nitrogens with zero attached hydrogens (tertiary/aromatic N) is 2. The smallest absolute Gasteiger partial charge is 0.309 e. The van der Waals surface area contributed by atoms with Crippen molar-refractivity contribution in [1.82, 2.24) is 5.01 Å². The second kappa shape index (κ2) is 18.2. The van der Waals surface area contributed by atoms with Crippen LogP contribution in [0.2, 0.25) is 5.02 Å². The van der Waals surface area contributed by atoms with Crippen LogP contribution in [0.25, 0.3) is 0 Å². The zero-order valence-corrected chi connectivity index (χ0v) is 41.9. The molecule has 5 aliphatic carbocycles. The predicted molar refractivity (Wildman–Crippen MR) is 257 cm³/mol. The number of aliphatic carboxylic acids is 1. The van der Waals surface area contributed by atoms with E-state index in [9.17, 15) is 19.8 Å². The largest absolute Gasteiger partial charge is 0.503 e. The van der Waals surface area contributed by atoms with Gasteiger partial charge in [0.1, 0.15) is 6.10 Å². The third-order valence-corrected chi connectivity index (χ3v) is 17.5. The van der Waals surface area contributed by atoms with Crippen molar-refractivity contribution in [1.29, 1.82) is 0 Å². The number of hydrogen-bond donors (Lipinski definition) is 3. The maximum Gasteiger partial charge on any atom is 0.309 e. The minimum atomic E-state index is -0.947. The van der Waals surface area contributed by atoms with Crippen molar-refractivity contribution in [2.75, 3.05) is 19.1 Å². The first-order chi connectivity index (χ1) is 28.8. The quantitative estimate of drug-likeness (QED) is 0.0662. The number of halogens is 1. The lowest BCUT2D eigenvalue weighted by Crippen LogP contribution is -2.74. The van der Waals surface area contributed by atoms with Crippen LogP contribution in [0.15, 0.2) is 77.1 Å². The van der Waals surface area contributed by atoms with Gasteiger partial charge in [0.25, 0.3) is 0 Å².